The summed E-state index contributed by atoms with van der Waals surface area (Å²) in [7, 11) is 1.65. The Hall–Kier alpha value is -1.50. The van der Waals surface area contributed by atoms with E-state index in [0.717, 1.165) is 25.8 Å². The first-order valence-electron chi connectivity index (χ1n) is 5.04. The predicted molar refractivity (Wildman–Crippen MR) is 53.1 cm³/mol. The Morgan fingerprint density at radius 2 is 2.47 bits per heavy atom. The van der Waals surface area contributed by atoms with Gasteiger partial charge in [0.2, 0.25) is 5.91 Å². The van der Waals surface area contributed by atoms with Gasteiger partial charge in [-0.3, -0.25) is 10.1 Å². The number of piperidine rings is 1. The second-order valence-corrected chi connectivity index (χ2v) is 3.59. The lowest BCUT2D eigenvalue weighted by molar-refractivity contribution is -0.118. The van der Waals surface area contributed by atoms with Crippen LogP contribution in [0.25, 0.3) is 0 Å². The molecule has 0 aromatic carbocycles. The molecule has 0 radical (unpaired) electrons. The molecule has 1 atom stereocenters. The number of amides is 1. The van der Waals surface area contributed by atoms with Gasteiger partial charge in [-0.25, -0.2) is 0 Å². The average Bonchev–Trinajstić information content (AvgIpc) is 2.65. The molecule has 2 heterocycles. The van der Waals surface area contributed by atoms with Crippen molar-refractivity contribution < 1.29 is 4.79 Å². The van der Waals surface area contributed by atoms with E-state index in [0.29, 0.717) is 0 Å². The number of anilines is 1. The first kappa shape index (κ1) is 10.0. The fraction of sp³-hybridized carbons (Fsp3) is 0.750. The summed E-state index contributed by atoms with van der Waals surface area (Å²) in [6, 6.07) is -0.123. The predicted octanol–water partition coefficient (Wildman–Crippen LogP) is -0.709. The van der Waals surface area contributed by atoms with Gasteiger partial charge in [0.05, 0.1) is 13.1 Å². The van der Waals surface area contributed by atoms with Gasteiger partial charge in [0.25, 0.3) is 5.95 Å². The zero-order valence-electron chi connectivity index (χ0n) is 8.60. The maximum atomic E-state index is 11.7. The molecular weight excluding hydrogens is 196 g/mol. The number of nitrogens with zero attached hydrogens (tertiary/aromatic N) is 4. The Morgan fingerprint density at radius 3 is 3.07 bits per heavy atom. The second kappa shape index (κ2) is 4.35. The van der Waals surface area contributed by atoms with Gasteiger partial charge in [0, 0.05) is 0 Å². The van der Waals surface area contributed by atoms with Crippen molar-refractivity contribution in [2.75, 3.05) is 11.9 Å². The summed E-state index contributed by atoms with van der Waals surface area (Å²) in [5.74, 6) is 0.178. The van der Waals surface area contributed by atoms with Crippen molar-refractivity contribution in [1.29, 1.82) is 0 Å². The van der Waals surface area contributed by atoms with Gasteiger partial charge >= 0.3 is 0 Å². The standard InChI is InChI=1S/C8H14N6O/c1-14-12-8(11-13-14)10-7(15)6-4-2-3-5-9-6/h6,9H,2-5H2,1H3,(H,10,12,15)/t6-/m1/s1. The van der Waals surface area contributed by atoms with Crippen molar-refractivity contribution >= 4 is 11.9 Å². The lowest BCUT2D eigenvalue weighted by Gasteiger charge is -2.21. The molecular formula is C8H14N6O. The molecule has 15 heavy (non-hydrogen) atoms. The fourth-order valence-electron chi connectivity index (χ4n) is 1.61. The van der Waals surface area contributed by atoms with Crippen molar-refractivity contribution in [3.8, 4) is 0 Å². The van der Waals surface area contributed by atoms with Gasteiger partial charge in [-0.2, -0.15) is 4.80 Å². The van der Waals surface area contributed by atoms with Crippen LogP contribution in [0.2, 0.25) is 0 Å². The van der Waals surface area contributed by atoms with Gasteiger partial charge in [-0.1, -0.05) is 11.5 Å². The van der Waals surface area contributed by atoms with Gasteiger partial charge in [-0.05, 0) is 24.6 Å². The Morgan fingerprint density at radius 1 is 1.60 bits per heavy atom. The van der Waals surface area contributed by atoms with Gasteiger partial charge < -0.3 is 5.32 Å². The first-order valence-corrected chi connectivity index (χ1v) is 5.04. The zero-order chi connectivity index (χ0) is 10.7. The molecule has 0 saturated carbocycles. The lowest BCUT2D eigenvalue weighted by Crippen LogP contribution is -2.43. The number of aromatic nitrogens is 4. The molecule has 0 aliphatic carbocycles. The molecule has 1 aromatic rings. The second-order valence-electron chi connectivity index (χ2n) is 3.59. The Bertz CT molecular complexity index is 343. The van der Waals surface area contributed by atoms with Crippen molar-refractivity contribution in [3.63, 3.8) is 0 Å². The van der Waals surface area contributed by atoms with Crippen LogP contribution in [0.4, 0.5) is 5.95 Å². The summed E-state index contributed by atoms with van der Waals surface area (Å²) in [5, 5.41) is 17.0. The van der Waals surface area contributed by atoms with Crippen LogP contribution in [0, 0.1) is 0 Å². The summed E-state index contributed by atoms with van der Waals surface area (Å²) in [4.78, 5) is 13.0. The number of rotatable bonds is 2. The molecule has 1 saturated heterocycles. The SMILES string of the molecule is Cn1nnc(NC(=O)[C@H]2CCCCN2)n1. The number of aryl methyl sites for hydroxylation is 1. The average molecular weight is 210 g/mol. The summed E-state index contributed by atoms with van der Waals surface area (Å²) in [6.07, 6.45) is 3.08. The molecule has 1 fully saturated rings. The minimum atomic E-state index is -0.123. The molecule has 0 unspecified atom stereocenters. The molecule has 2 N–H and O–H groups in total. The number of nitrogens with one attached hydrogen (secondary N) is 2. The Kier molecular flexibility index (Phi) is 2.91. The van der Waals surface area contributed by atoms with Gasteiger partial charge in [0.1, 0.15) is 0 Å². The van der Waals surface area contributed by atoms with Crippen LogP contribution in [0.5, 0.6) is 0 Å². The third-order valence-electron chi connectivity index (χ3n) is 2.37. The highest BCUT2D eigenvalue weighted by Crippen LogP contribution is 2.08. The fourth-order valence-corrected chi connectivity index (χ4v) is 1.61. The highest BCUT2D eigenvalue weighted by atomic mass is 16.2. The van der Waals surface area contributed by atoms with Crippen LogP contribution in [0.1, 0.15) is 19.3 Å². The molecule has 1 aromatic heterocycles. The molecule has 82 valence electrons. The molecule has 1 aliphatic rings. The summed E-state index contributed by atoms with van der Waals surface area (Å²) < 4.78 is 0. The largest absolute Gasteiger partial charge is 0.306 e. The number of tetrazole rings is 1. The van der Waals surface area contributed by atoms with Crippen molar-refractivity contribution in [2.24, 2.45) is 7.05 Å². The third kappa shape index (κ3) is 2.50. The molecule has 2 rings (SSSR count). The Labute approximate surface area is 87.2 Å². The first-order chi connectivity index (χ1) is 7.25. The van der Waals surface area contributed by atoms with Crippen LogP contribution in [-0.2, 0) is 11.8 Å². The smallest absolute Gasteiger partial charge is 0.270 e. The van der Waals surface area contributed by atoms with Gasteiger partial charge in [-0.15, -0.1) is 5.10 Å². The van der Waals surface area contributed by atoms with E-state index >= 15 is 0 Å². The summed E-state index contributed by atoms with van der Waals surface area (Å²) >= 11 is 0. The quantitative estimate of drug-likeness (QED) is 0.673. The van der Waals surface area contributed by atoms with Crippen LogP contribution in [-0.4, -0.2) is 38.7 Å². The highest BCUT2D eigenvalue weighted by Gasteiger charge is 2.21. The lowest BCUT2D eigenvalue weighted by atomic mass is 10.0. The molecule has 0 spiro atoms. The monoisotopic (exact) mass is 210 g/mol. The van der Waals surface area contributed by atoms with E-state index in [-0.39, 0.29) is 17.9 Å². The number of hydrogen-bond acceptors (Lipinski definition) is 5. The van der Waals surface area contributed by atoms with E-state index < -0.39 is 0 Å². The van der Waals surface area contributed by atoms with Crippen molar-refractivity contribution in [3.05, 3.63) is 0 Å². The van der Waals surface area contributed by atoms with Crippen LogP contribution in [0.3, 0.4) is 0 Å². The minimum Gasteiger partial charge on any atom is -0.306 e. The maximum Gasteiger partial charge on any atom is 0.270 e. The van der Waals surface area contributed by atoms with E-state index in [1.807, 2.05) is 0 Å². The third-order valence-corrected chi connectivity index (χ3v) is 2.37. The molecule has 1 aliphatic heterocycles. The maximum absolute atomic E-state index is 11.7. The molecule has 1 amide bonds. The van der Waals surface area contributed by atoms with E-state index in [4.69, 9.17) is 0 Å². The van der Waals surface area contributed by atoms with Crippen LogP contribution >= 0.6 is 0 Å². The number of carbonyl (C=O) groups is 1. The normalized spacial score (nSPS) is 21.3. The van der Waals surface area contributed by atoms with Crippen LogP contribution in [0.15, 0.2) is 0 Å². The summed E-state index contributed by atoms with van der Waals surface area (Å²) in [6.45, 7) is 0.895. The van der Waals surface area contributed by atoms with E-state index in [1.54, 1.807) is 7.05 Å². The van der Waals surface area contributed by atoms with E-state index in [2.05, 4.69) is 26.0 Å². The van der Waals surface area contributed by atoms with E-state index in [9.17, 15) is 4.79 Å². The molecule has 7 nitrogen and oxygen atoms in total. The molecule has 7 heteroatoms. The molecule has 0 bridgehead atoms. The van der Waals surface area contributed by atoms with Gasteiger partial charge in [0.15, 0.2) is 0 Å². The Balaban J connectivity index is 1.91. The van der Waals surface area contributed by atoms with E-state index in [1.165, 1.54) is 4.80 Å². The topological polar surface area (TPSA) is 84.7 Å². The van der Waals surface area contributed by atoms with Crippen molar-refractivity contribution in [1.82, 2.24) is 25.5 Å². The van der Waals surface area contributed by atoms with Crippen LogP contribution < -0.4 is 10.6 Å². The minimum absolute atomic E-state index is 0.0808. The number of hydrogen-bond donors (Lipinski definition) is 2. The highest BCUT2D eigenvalue weighted by molar-refractivity contribution is 5.93. The summed E-state index contributed by atoms with van der Waals surface area (Å²) in [5.41, 5.74) is 0. The number of carbonyl (C=O) groups excluding carboxylic acids is 1. The zero-order valence-corrected chi connectivity index (χ0v) is 8.60. The van der Waals surface area contributed by atoms with Crippen molar-refractivity contribution in [2.45, 2.75) is 25.3 Å².